The summed E-state index contributed by atoms with van der Waals surface area (Å²) in [5.41, 5.74) is 2.88. The van der Waals surface area contributed by atoms with E-state index >= 15 is 0 Å². The van der Waals surface area contributed by atoms with Crippen molar-refractivity contribution >= 4 is 7.85 Å². The molecule has 0 aliphatic heterocycles. The highest BCUT2D eigenvalue weighted by atomic mass is 14.4. The van der Waals surface area contributed by atoms with Crippen LogP contribution in [0.1, 0.15) is 69.4 Å². The molecule has 2 saturated carbocycles. The van der Waals surface area contributed by atoms with Gasteiger partial charge in [-0.3, -0.25) is 0 Å². The molecule has 0 N–H and O–H groups in total. The van der Waals surface area contributed by atoms with Crippen LogP contribution in [-0.4, -0.2) is 7.85 Å². The molecule has 0 spiro atoms. The Balaban J connectivity index is 1.52. The zero-order valence-corrected chi connectivity index (χ0v) is 14.5. The minimum absolute atomic E-state index is 0.141. The molecule has 118 valence electrons. The van der Waals surface area contributed by atoms with Crippen molar-refractivity contribution in [2.75, 3.05) is 0 Å². The van der Waals surface area contributed by atoms with Crippen molar-refractivity contribution in [2.45, 2.75) is 76.9 Å². The third-order valence-electron chi connectivity index (χ3n) is 6.27. The van der Waals surface area contributed by atoms with E-state index in [0.29, 0.717) is 0 Å². The van der Waals surface area contributed by atoms with E-state index in [2.05, 4.69) is 38.1 Å². The number of benzene rings is 1. The Morgan fingerprint density at radius 1 is 1.14 bits per heavy atom. The van der Waals surface area contributed by atoms with Crippen molar-refractivity contribution in [1.82, 2.24) is 0 Å². The molecule has 22 heavy (non-hydrogen) atoms. The van der Waals surface area contributed by atoms with Crippen LogP contribution in [0.5, 0.6) is 0 Å². The van der Waals surface area contributed by atoms with Crippen LogP contribution in [0.15, 0.2) is 24.3 Å². The van der Waals surface area contributed by atoms with Gasteiger partial charge in [-0.05, 0) is 43.1 Å². The Morgan fingerprint density at radius 2 is 1.95 bits per heavy atom. The number of hydrogen-bond acceptors (Lipinski definition) is 0. The topological polar surface area (TPSA) is 0 Å². The molecular formula is C21H31B. The van der Waals surface area contributed by atoms with Crippen molar-refractivity contribution in [1.29, 1.82) is 0 Å². The molecule has 1 aromatic carbocycles. The summed E-state index contributed by atoms with van der Waals surface area (Å²) >= 11 is 0. The van der Waals surface area contributed by atoms with E-state index in [1.54, 1.807) is 0 Å². The zero-order chi connectivity index (χ0) is 15.6. The standard InChI is InChI=1S/C21H31B/c1-3-17-7-8-19(12-17)14-21(22)10-9-20(15-21)13-18-6-4-5-16(2)11-18/h4-6,11,17,19-20H,3,7-10,12-15H2,1-2H3. The molecule has 2 fully saturated rings. The van der Waals surface area contributed by atoms with Crippen molar-refractivity contribution in [2.24, 2.45) is 17.8 Å². The molecule has 0 nitrogen and oxygen atoms in total. The molecule has 3 rings (SSSR count). The second kappa shape index (κ2) is 6.81. The first-order valence-electron chi connectivity index (χ1n) is 9.41. The summed E-state index contributed by atoms with van der Waals surface area (Å²) in [7, 11) is 6.80. The van der Waals surface area contributed by atoms with E-state index in [4.69, 9.17) is 7.85 Å². The fourth-order valence-corrected chi connectivity index (χ4v) is 5.11. The average Bonchev–Trinajstić information content (AvgIpc) is 3.06. The summed E-state index contributed by atoms with van der Waals surface area (Å²) in [6.45, 7) is 4.54. The Morgan fingerprint density at radius 3 is 2.68 bits per heavy atom. The summed E-state index contributed by atoms with van der Waals surface area (Å²) in [6.07, 6.45) is 12.0. The van der Waals surface area contributed by atoms with Gasteiger partial charge >= 0.3 is 0 Å². The fraction of sp³-hybridized carbons (Fsp3) is 0.714. The summed E-state index contributed by atoms with van der Waals surface area (Å²) in [5, 5.41) is 0.141. The molecule has 0 aromatic heterocycles. The molecule has 1 heteroatoms. The lowest BCUT2D eigenvalue weighted by Gasteiger charge is -2.28. The van der Waals surface area contributed by atoms with E-state index < -0.39 is 0 Å². The van der Waals surface area contributed by atoms with Crippen molar-refractivity contribution < 1.29 is 0 Å². The Labute approximate surface area is 138 Å². The Hall–Kier alpha value is -0.715. The summed E-state index contributed by atoms with van der Waals surface area (Å²) in [4.78, 5) is 0. The minimum Gasteiger partial charge on any atom is -0.0655 e. The van der Waals surface area contributed by atoms with Gasteiger partial charge in [-0.1, -0.05) is 87.0 Å². The van der Waals surface area contributed by atoms with Crippen LogP contribution in [-0.2, 0) is 6.42 Å². The van der Waals surface area contributed by atoms with Gasteiger partial charge in [0.05, 0.1) is 7.85 Å². The molecule has 0 saturated heterocycles. The predicted molar refractivity (Wildman–Crippen MR) is 96.4 cm³/mol. The third-order valence-corrected chi connectivity index (χ3v) is 6.27. The van der Waals surface area contributed by atoms with Crippen molar-refractivity contribution in [3.8, 4) is 0 Å². The quantitative estimate of drug-likeness (QED) is 0.595. The zero-order valence-electron chi connectivity index (χ0n) is 14.5. The monoisotopic (exact) mass is 294 g/mol. The molecule has 0 bridgehead atoms. The van der Waals surface area contributed by atoms with Gasteiger partial charge in [-0.25, -0.2) is 0 Å². The maximum Gasteiger partial charge on any atom is 0.0746 e. The van der Waals surface area contributed by atoms with Crippen LogP contribution in [0.25, 0.3) is 0 Å². The highest BCUT2D eigenvalue weighted by molar-refractivity contribution is 6.15. The van der Waals surface area contributed by atoms with Crippen molar-refractivity contribution in [3.05, 3.63) is 35.4 Å². The van der Waals surface area contributed by atoms with E-state index in [1.165, 1.54) is 68.9 Å². The highest BCUT2D eigenvalue weighted by Crippen LogP contribution is 2.53. The molecule has 2 aliphatic rings. The third kappa shape index (κ3) is 3.97. The van der Waals surface area contributed by atoms with Crippen LogP contribution in [0.2, 0.25) is 5.31 Å². The number of rotatable bonds is 5. The van der Waals surface area contributed by atoms with E-state index in [9.17, 15) is 0 Å². The minimum atomic E-state index is 0.141. The second-order valence-electron chi connectivity index (χ2n) is 8.32. The largest absolute Gasteiger partial charge is 0.0746 e. The maximum absolute atomic E-state index is 6.80. The van der Waals surface area contributed by atoms with E-state index in [1.807, 2.05) is 0 Å². The second-order valence-corrected chi connectivity index (χ2v) is 8.32. The van der Waals surface area contributed by atoms with Gasteiger partial charge in [0.1, 0.15) is 0 Å². The lowest BCUT2D eigenvalue weighted by atomic mass is 9.62. The van der Waals surface area contributed by atoms with E-state index in [0.717, 1.165) is 17.8 Å². The predicted octanol–water partition coefficient (Wildman–Crippen LogP) is 5.88. The maximum atomic E-state index is 6.80. The van der Waals surface area contributed by atoms with Crippen LogP contribution < -0.4 is 0 Å². The van der Waals surface area contributed by atoms with Crippen LogP contribution in [0.4, 0.5) is 0 Å². The Kier molecular flexibility index (Phi) is 5.00. The van der Waals surface area contributed by atoms with Crippen LogP contribution in [0, 0.1) is 24.7 Å². The smallest absolute Gasteiger partial charge is 0.0655 e. The first-order chi connectivity index (χ1) is 10.6. The van der Waals surface area contributed by atoms with Gasteiger partial charge < -0.3 is 0 Å². The van der Waals surface area contributed by atoms with E-state index in [-0.39, 0.29) is 5.31 Å². The molecule has 1 aromatic rings. The summed E-state index contributed by atoms with van der Waals surface area (Å²) in [5.74, 6) is 2.70. The summed E-state index contributed by atoms with van der Waals surface area (Å²) < 4.78 is 0. The van der Waals surface area contributed by atoms with Crippen molar-refractivity contribution in [3.63, 3.8) is 0 Å². The number of aryl methyl sites for hydroxylation is 1. The van der Waals surface area contributed by atoms with Crippen LogP contribution in [0.3, 0.4) is 0 Å². The molecule has 2 radical (unpaired) electrons. The fourth-order valence-electron chi connectivity index (χ4n) is 5.11. The van der Waals surface area contributed by atoms with Gasteiger partial charge in [0.25, 0.3) is 0 Å². The number of hydrogen-bond donors (Lipinski definition) is 0. The molecule has 0 amide bonds. The van der Waals surface area contributed by atoms with Gasteiger partial charge in [-0.2, -0.15) is 0 Å². The molecule has 4 atom stereocenters. The lowest BCUT2D eigenvalue weighted by Crippen LogP contribution is -2.14. The normalized spacial score (nSPS) is 35.1. The molecule has 2 aliphatic carbocycles. The molecule has 4 unspecified atom stereocenters. The van der Waals surface area contributed by atoms with Gasteiger partial charge in [-0.15, -0.1) is 0 Å². The van der Waals surface area contributed by atoms with Crippen LogP contribution >= 0.6 is 0 Å². The highest BCUT2D eigenvalue weighted by Gasteiger charge is 2.37. The SMILES string of the molecule is [B]C1(CC2CCC(CC)C2)CCC(Cc2cccc(C)c2)C1. The lowest BCUT2D eigenvalue weighted by molar-refractivity contribution is 0.373. The first kappa shape index (κ1) is 16.2. The Bertz CT molecular complexity index is 494. The van der Waals surface area contributed by atoms with Gasteiger partial charge in [0.15, 0.2) is 0 Å². The van der Waals surface area contributed by atoms with Gasteiger partial charge in [0.2, 0.25) is 0 Å². The summed E-state index contributed by atoms with van der Waals surface area (Å²) in [6, 6.07) is 9.01. The molecule has 0 heterocycles. The first-order valence-corrected chi connectivity index (χ1v) is 9.41. The van der Waals surface area contributed by atoms with Gasteiger partial charge in [0, 0.05) is 0 Å². The average molecular weight is 294 g/mol. The molecular weight excluding hydrogens is 263 g/mol.